The summed E-state index contributed by atoms with van der Waals surface area (Å²) in [5.74, 6) is 1.20. The fourth-order valence-corrected chi connectivity index (χ4v) is 3.39. The number of rotatable bonds is 4. The summed E-state index contributed by atoms with van der Waals surface area (Å²) in [6, 6.07) is 8.64. The van der Waals surface area contributed by atoms with E-state index in [1.165, 1.54) is 17.1 Å². The lowest BCUT2D eigenvalue weighted by Gasteiger charge is -2.05. The summed E-state index contributed by atoms with van der Waals surface area (Å²) in [5.41, 5.74) is 1.85. The molecule has 9 heteroatoms. The quantitative estimate of drug-likeness (QED) is 0.592. The molecule has 4 aromatic rings. The Labute approximate surface area is 137 Å². The first-order valence-corrected chi connectivity index (χ1v) is 8.55. The zero-order chi connectivity index (χ0) is 16.7. The number of nitrogens with one attached hydrogen (secondary N) is 2. The van der Waals surface area contributed by atoms with Crippen LogP contribution >= 0.6 is 0 Å². The number of furan rings is 1. The average Bonchev–Trinajstić information content (AvgIpc) is 3.25. The molecule has 2 N–H and O–H groups in total. The normalized spacial score (nSPS) is 11.9. The number of anilines is 1. The fourth-order valence-electron chi connectivity index (χ4n) is 2.35. The molecule has 0 unspecified atom stereocenters. The van der Waals surface area contributed by atoms with Crippen LogP contribution in [0.15, 0.2) is 58.3 Å². The van der Waals surface area contributed by atoms with E-state index in [0.29, 0.717) is 28.3 Å². The van der Waals surface area contributed by atoms with Crippen molar-refractivity contribution in [2.45, 2.75) is 4.90 Å². The van der Waals surface area contributed by atoms with Gasteiger partial charge in [0.15, 0.2) is 11.6 Å². The molecule has 0 saturated carbocycles. The van der Waals surface area contributed by atoms with Crippen LogP contribution in [0.5, 0.6) is 0 Å². The summed E-state index contributed by atoms with van der Waals surface area (Å²) in [7, 11) is -2.03. The van der Waals surface area contributed by atoms with Crippen LogP contribution in [0.2, 0.25) is 0 Å². The summed E-state index contributed by atoms with van der Waals surface area (Å²) in [4.78, 5) is 7.63. The molecule has 0 aliphatic heterocycles. The Morgan fingerprint density at radius 2 is 2.17 bits per heavy atom. The standard InChI is InChI=1S/C15H13N5O3S/c1-20-9-11(8-16-20)24(21,22)19-10-4-5-12-13(7-10)18-15(17-12)14-3-2-6-23-14/h2-9,19H,1H3,(H,17,18). The van der Waals surface area contributed by atoms with Gasteiger partial charge in [-0.05, 0) is 30.3 Å². The average molecular weight is 343 g/mol. The molecular formula is C15H13N5O3S. The van der Waals surface area contributed by atoms with Crippen molar-refractivity contribution in [2.24, 2.45) is 7.05 Å². The molecule has 0 atom stereocenters. The molecular weight excluding hydrogens is 330 g/mol. The number of aromatic nitrogens is 4. The number of fused-ring (bicyclic) bond motifs is 1. The topological polar surface area (TPSA) is 106 Å². The SMILES string of the molecule is Cn1cc(S(=O)(=O)Nc2ccc3nc(-c4ccco4)[nH]c3c2)cn1. The van der Waals surface area contributed by atoms with Crippen molar-refractivity contribution in [3.8, 4) is 11.6 Å². The van der Waals surface area contributed by atoms with Crippen LogP contribution in [-0.4, -0.2) is 28.2 Å². The number of H-pyrrole nitrogens is 1. The molecule has 1 aromatic carbocycles. The number of hydrogen-bond donors (Lipinski definition) is 2. The number of sulfonamides is 1. The first-order chi connectivity index (χ1) is 11.5. The third-order valence-corrected chi connectivity index (χ3v) is 4.82. The fraction of sp³-hybridized carbons (Fsp3) is 0.0667. The number of benzene rings is 1. The van der Waals surface area contributed by atoms with E-state index in [1.807, 2.05) is 0 Å². The second kappa shape index (κ2) is 5.24. The van der Waals surface area contributed by atoms with E-state index in [4.69, 9.17) is 4.42 Å². The molecule has 24 heavy (non-hydrogen) atoms. The van der Waals surface area contributed by atoms with Crippen molar-refractivity contribution >= 4 is 26.7 Å². The van der Waals surface area contributed by atoms with Crippen LogP contribution in [0.3, 0.4) is 0 Å². The monoisotopic (exact) mass is 343 g/mol. The van der Waals surface area contributed by atoms with Crippen LogP contribution in [-0.2, 0) is 17.1 Å². The molecule has 0 fully saturated rings. The van der Waals surface area contributed by atoms with Gasteiger partial charge in [0.2, 0.25) is 0 Å². The molecule has 122 valence electrons. The number of imidazole rings is 1. The maximum Gasteiger partial charge on any atom is 0.265 e. The van der Waals surface area contributed by atoms with Crippen molar-refractivity contribution in [1.82, 2.24) is 19.7 Å². The molecule has 0 aliphatic rings. The lowest BCUT2D eigenvalue weighted by molar-refractivity contribution is 0.578. The zero-order valence-corrected chi connectivity index (χ0v) is 13.4. The minimum absolute atomic E-state index is 0.103. The number of hydrogen-bond acceptors (Lipinski definition) is 5. The Balaban J connectivity index is 1.68. The summed E-state index contributed by atoms with van der Waals surface area (Å²) in [6.45, 7) is 0. The molecule has 0 saturated heterocycles. The predicted octanol–water partition coefficient (Wildman–Crippen LogP) is 2.36. The summed E-state index contributed by atoms with van der Waals surface area (Å²) in [5, 5.41) is 3.88. The Kier molecular flexibility index (Phi) is 3.17. The highest BCUT2D eigenvalue weighted by molar-refractivity contribution is 7.92. The first-order valence-electron chi connectivity index (χ1n) is 7.06. The second-order valence-electron chi connectivity index (χ2n) is 5.25. The van der Waals surface area contributed by atoms with Gasteiger partial charge in [-0.1, -0.05) is 0 Å². The third-order valence-electron chi connectivity index (χ3n) is 3.48. The van der Waals surface area contributed by atoms with E-state index < -0.39 is 10.0 Å². The molecule has 0 bridgehead atoms. The number of nitrogens with zero attached hydrogens (tertiary/aromatic N) is 3. The van der Waals surface area contributed by atoms with Gasteiger partial charge in [-0.2, -0.15) is 5.10 Å². The molecule has 0 aliphatic carbocycles. The van der Waals surface area contributed by atoms with Crippen molar-refractivity contribution in [2.75, 3.05) is 4.72 Å². The number of aryl methyl sites for hydroxylation is 1. The van der Waals surface area contributed by atoms with Gasteiger partial charge >= 0.3 is 0 Å². The van der Waals surface area contributed by atoms with Gasteiger partial charge in [-0.25, -0.2) is 13.4 Å². The van der Waals surface area contributed by atoms with Gasteiger partial charge < -0.3 is 9.40 Å². The van der Waals surface area contributed by atoms with Crippen LogP contribution in [0.4, 0.5) is 5.69 Å². The largest absolute Gasteiger partial charge is 0.461 e. The Hall–Kier alpha value is -3.07. The van der Waals surface area contributed by atoms with E-state index >= 15 is 0 Å². The van der Waals surface area contributed by atoms with E-state index in [9.17, 15) is 8.42 Å². The molecule has 0 amide bonds. The highest BCUT2D eigenvalue weighted by Gasteiger charge is 2.17. The van der Waals surface area contributed by atoms with Crippen LogP contribution in [0.1, 0.15) is 0 Å². The lowest BCUT2D eigenvalue weighted by atomic mass is 10.3. The Morgan fingerprint density at radius 3 is 2.88 bits per heavy atom. The van der Waals surface area contributed by atoms with Crippen molar-refractivity contribution in [3.05, 3.63) is 49.0 Å². The lowest BCUT2D eigenvalue weighted by Crippen LogP contribution is -2.12. The number of aromatic amines is 1. The van der Waals surface area contributed by atoms with Crippen molar-refractivity contribution in [1.29, 1.82) is 0 Å². The van der Waals surface area contributed by atoms with E-state index in [2.05, 4.69) is 19.8 Å². The molecule has 8 nitrogen and oxygen atoms in total. The first kappa shape index (κ1) is 14.5. The third kappa shape index (κ3) is 2.54. The highest BCUT2D eigenvalue weighted by atomic mass is 32.2. The predicted molar refractivity (Wildman–Crippen MR) is 87.8 cm³/mol. The van der Waals surface area contributed by atoms with Gasteiger partial charge in [0.25, 0.3) is 10.0 Å². The minimum atomic E-state index is -3.68. The van der Waals surface area contributed by atoms with E-state index in [-0.39, 0.29) is 4.90 Å². The van der Waals surface area contributed by atoms with Crippen molar-refractivity contribution < 1.29 is 12.8 Å². The molecule has 4 rings (SSSR count). The minimum Gasteiger partial charge on any atom is -0.461 e. The second-order valence-corrected chi connectivity index (χ2v) is 6.93. The summed E-state index contributed by atoms with van der Waals surface area (Å²) in [6.07, 6.45) is 4.30. The van der Waals surface area contributed by atoms with Crippen LogP contribution in [0, 0.1) is 0 Å². The van der Waals surface area contributed by atoms with Gasteiger partial charge in [-0.3, -0.25) is 9.40 Å². The van der Waals surface area contributed by atoms with Crippen LogP contribution < -0.4 is 4.72 Å². The Bertz CT molecular complexity index is 1110. The summed E-state index contributed by atoms with van der Waals surface area (Å²) < 4.78 is 33.9. The highest BCUT2D eigenvalue weighted by Crippen LogP contribution is 2.24. The van der Waals surface area contributed by atoms with Crippen LogP contribution in [0.25, 0.3) is 22.6 Å². The summed E-state index contributed by atoms with van der Waals surface area (Å²) >= 11 is 0. The van der Waals surface area contributed by atoms with Gasteiger partial charge in [0.1, 0.15) is 4.90 Å². The maximum atomic E-state index is 12.3. The molecule has 0 radical (unpaired) electrons. The zero-order valence-electron chi connectivity index (χ0n) is 12.6. The van der Waals surface area contributed by atoms with Gasteiger partial charge in [0, 0.05) is 13.2 Å². The molecule has 3 aromatic heterocycles. The van der Waals surface area contributed by atoms with E-state index in [1.54, 1.807) is 43.6 Å². The van der Waals surface area contributed by atoms with Gasteiger partial charge in [0.05, 0.1) is 29.2 Å². The van der Waals surface area contributed by atoms with Crippen molar-refractivity contribution in [3.63, 3.8) is 0 Å². The molecule has 3 heterocycles. The smallest absolute Gasteiger partial charge is 0.265 e. The Morgan fingerprint density at radius 1 is 1.29 bits per heavy atom. The van der Waals surface area contributed by atoms with E-state index in [0.717, 1.165) is 0 Å². The maximum absolute atomic E-state index is 12.3. The van der Waals surface area contributed by atoms with Gasteiger partial charge in [-0.15, -0.1) is 0 Å². The molecule has 0 spiro atoms.